The molecule has 94 valence electrons. The Bertz CT molecular complexity index is 188. The highest BCUT2D eigenvalue weighted by Crippen LogP contribution is 2.28. The van der Waals surface area contributed by atoms with Crippen LogP contribution in [-0.2, 0) is 4.79 Å². The summed E-state index contributed by atoms with van der Waals surface area (Å²) in [4.78, 5) is 11.4. The number of nitrogens with one attached hydrogen (secondary N) is 2. The highest BCUT2D eigenvalue weighted by Gasteiger charge is 2.13. The van der Waals surface area contributed by atoms with Crippen molar-refractivity contribution in [2.24, 2.45) is 5.92 Å². The number of hydrogen-bond donors (Lipinski definition) is 2. The highest BCUT2D eigenvalue weighted by atomic mass is 16.1. The monoisotopic (exact) mass is 226 g/mol. The summed E-state index contributed by atoms with van der Waals surface area (Å²) in [5, 5.41) is 6.14. The van der Waals surface area contributed by atoms with Gasteiger partial charge in [-0.15, -0.1) is 0 Å². The molecule has 3 heteroatoms. The molecule has 1 aliphatic rings. The van der Waals surface area contributed by atoms with Crippen LogP contribution < -0.4 is 10.6 Å². The quantitative estimate of drug-likeness (QED) is 0.622. The average Bonchev–Trinajstić information content (AvgIpc) is 2.78. The lowest BCUT2D eigenvalue weighted by atomic mass is 10.0. The third-order valence-corrected chi connectivity index (χ3v) is 3.36. The van der Waals surface area contributed by atoms with Crippen LogP contribution >= 0.6 is 0 Å². The van der Waals surface area contributed by atoms with Gasteiger partial charge in [-0.2, -0.15) is 0 Å². The number of carbonyl (C=O) groups is 1. The number of amides is 1. The number of rotatable bonds is 8. The van der Waals surface area contributed by atoms with E-state index in [1.165, 1.54) is 32.1 Å². The van der Waals surface area contributed by atoms with Gasteiger partial charge in [-0.3, -0.25) is 4.79 Å². The lowest BCUT2D eigenvalue weighted by Gasteiger charge is -2.09. The minimum absolute atomic E-state index is 0.187. The molecule has 0 saturated heterocycles. The van der Waals surface area contributed by atoms with E-state index in [1.54, 1.807) is 0 Å². The van der Waals surface area contributed by atoms with Crippen LogP contribution in [0.2, 0.25) is 0 Å². The second-order valence-corrected chi connectivity index (χ2v) is 4.75. The topological polar surface area (TPSA) is 41.1 Å². The van der Waals surface area contributed by atoms with E-state index < -0.39 is 0 Å². The van der Waals surface area contributed by atoms with Crippen molar-refractivity contribution in [2.45, 2.75) is 51.9 Å². The molecule has 1 rings (SSSR count). The van der Waals surface area contributed by atoms with E-state index in [0.29, 0.717) is 6.42 Å². The molecular formula is C13H26N2O. The summed E-state index contributed by atoms with van der Waals surface area (Å²) in [6, 6.07) is 0. The summed E-state index contributed by atoms with van der Waals surface area (Å²) in [6.45, 7) is 4.65. The van der Waals surface area contributed by atoms with Crippen molar-refractivity contribution in [1.82, 2.24) is 10.6 Å². The molecule has 0 bridgehead atoms. The number of carbonyl (C=O) groups excluding carboxylic acids is 1. The first kappa shape index (κ1) is 13.5. The lowest BCUT2D eigenvalue weighted by Crippen LogP contribution is -2.28. The fraction of sp³-hybridized carbons (Fsp3) is 0.923. The normalized spacial score (nSPS) is 16.6. The van der Waals surface area contributed by atoms with Crippen LogP contribution in [0, 0.1) is 5.92 Å². The summed E-state index contributed by atoms with van der Waals surface area (Å²) >= 11 is 0. The highest BCUT2D eigenvalue weighted by molar-refractivity contribution is 5.75. The third-order valence-electron chi connectivity index (χ3n) is 3.36. The summed E-state index contributed by atoms with van der Waals surface area (Å²) in [5.74, 6) is 1.13. The molecule has 3 nitrogen and oxygen atoms in total. The molecule has 0 aromatic carbocycles. The van der Waals surface area contributed by atoms with Crippen LogP contribution in [0.25, 0.3) is 0 Å². The molecular weight excluding hydrogens is 200 g/mol. The Morgan fingerprint density at radius 1 is 1.25 bits per heavy atom. The van der Waals surface area contributed by atoms with E-state index in [2.05, 4.69) is 17.6 Å². The van der Waals surface area contributed by atoms with Crippen LogP contribution in [0.15, 0.2) is 0 Å². The minimum atomic E-state index is 0.187. The molecule has 16 heavy (non-hydrogen) atoms. The van der Waals surface area contributed by atoms with Gasteiger partial charge in [0.1, 0.15) is 0 Å². The zero-order chi connectivity index (χ0) is 11.6. The molecule has 2 N–H and O–H groups in total. The molecule has 1 fully saturated rings. The standard InChI is InChI=1S/C13H26N2O/c1-2-14-11-9-13(16)15-10-5-8-12-6-3-4-7-12/h12,14H,2-11H2,1H3,(H,15,16). The summed E-state index contributed by atoms with van der Waals surface area (Å²) < 4.78 is 0. The SMILES string of the molecule is CCNCCC(=O)NCCCC1CCCC1. The van der Waals surface area contributed by atoms with Gasteiger partial charge in [0.15, 0.2) is 0 Å². The Morgan fingerprint density at radius 2 is 2.00 bits per heavy atom. The van der Waals surface area contributed by atoms with Gasteiger partial charge >= 0.3 is 0 Å². The molecule has 0 unspecified atom stereocenters. The van der Waals surface area contributed by atoms with Crippen LogP contribution in [0.3, 0.4) is 0 Å². The van der Waals surface area contributed by atoms with Crippen molar-refractivity contribution in [3.8, 4) is 0 Å². The maximum absolute atomic E-state index is 11.4. The largest absolute Gasteiger partial charge is 0.356 e. The van der Waals surface area contributed by atoms with Gasteiger partial charge in [0.25, 0.3) is 0 Å². The molecule has 0 heterocycles. The molecule has 0 spiro atoms. The van der Waals surface area contributed by atoms with Gasteiger partial charge in [-0.1, -0.05) is 32.6 Å². The van der Waals surface area contributed by atoms with E-state index in [9.17, 15) is 4.79 Å². The van der Waals surface area contributed by atoms with E-state index in [0.717, 1.165) is 32.0 Å². The second kappa shape index (κ2) is 8.57. The molecule has 1 saturated carbocycles. The summed E-state index contributed by atoms with van der Waals surface area (Å²) in [5.41, 5.74) is 0. The minimum Gasteiger partial charge on any atom is -0.356 e. The third kappa shape index (κ3) is 6.11. The van der Waals surface area contributed by atoms with Gasteiger partial charge in [-0.05, 0) is 25.3 Å². The van der Waals surface area contributed by atoms with Crippen LogP contribution in [0.5, 0.6) is 0 Å². The van der Waals surface area contributed by atoms with Gasteiger partial charge in [0.2, 0.25) is 5.91 Å². The van der Waals surface area contributed by atoms with Crippen molar-refractivity contribution < 1.29 is 4.79 Å². The van der Waals surface area contributed by atoms with E-state index in [4.69, 9.17) is 0 Å². The molecule has 1 amide bonds. The van der Waals surface area contributed by atoms with Crippen LogP contribution in [-0.4, -0.2) is 25.5 Å². The van der Waals surface area contributed by atoms with Gasteiger partial charge in [0, 0.05) is 19.5 Å². The van der Waals surface area contributed by atoms with Gasteiger partial charge < -0.3 is 10.6 Å². The van der Waals surface area contributed by atoms with Crippen molar-refractivity contribution in [3.63, 3.8) is 0 Å². The van der Waals surface area contributed by atoms with Crippen molar-refractivity contribution in [1.29, 1.82) is 0 Å². The molecule has 0 aliphatic heterocycles. The van der Waals surface area contributed by atoms with Crippen molar-refractivity contribution in [3.05, 3.63) is 0 Å². The fourth-order valence-corrected chi connectivity index (χ4v) is 2.38. The zero-order valence-corrected chi connectivity index (χ0v) is 10.6. The van der Waals surface area contributed by atoms with Gasteiger partial charge in [-0.25, -0.2) is 0 Å². The first-order valence-corrected chi connectivity index (χ1v) is 6.80. The second-order valence-electron chi connectivity index (χ2n) is 4.75. The van der Waals surface area contributed by atoms with E-state index in [1.807, 2.05) is 0 Å². The van der Waals surface area contributed by atoms with Gasteiger partial charge in [0.05, 0.1) is 0 Å². The zero-order valence-electron chi connectivity index (χ0n) is 10.6. The Balaban J connectivity index is 1.87. The van der Waals surface area contributed by atoms with Crippen LogP contribution in [0.4, 0.5) is 0 Å². The number of hydrogen-bond acceptors (Lipinski definition) is 2. The predicted octanol–water partition coefficient (Wildman–Crippen LogP) is 2.07. The lowest BCUT2D eigenvalue weighted by molar-refractivity contribution is -0.121. The first-order valence-electron chi connectivity index (χ1n) is 6.80. The molecule has 0 aromatic rings. The Morgan fingerprint density at radius 3 is 2.69 bits per heavy atom. The average molecular weight is 226 g/mol. The smallest absolute Gasteiger partial charge is 0.221 e. The van der Waals surface area contributed by atoms with E-state index >= 15 is 0 Å². The predicted molar refractivity (Wildman–Crippen MR) is 67.4 cm³/mol. The first-order chi connectivity index (χ1) is 7.83. The summed E-state index contributed by atoms with van der Waals surface area (Å²) in [7, 11) is 0. The van der Waals surface area contributed by atoms with Crippen LogP contribution in [0.1, 0.15) is 51.9 Å². The Kier molecular flexibility index (Phi) is 7.23. The molecule has 0 atom stereocenters. The van der Waals surface area contributed by atoms with Crippen molar-refractivity contribution >= 4 is 5.91 Å². The molecule has 1 aliphatic carbocycles. The summed E-state index contributed by atoms with van der Waals surface area (Å²) in [6.07, 6.45) is 8.71. The molecule has 0 aromatic heterocycles. The maximum atomic E-state index is 11.4. The fourth-order valence-electron chi connectivity index (χ4n) is 2.38. The maximum Gasteiger partial charge on any atom is 0.221 e. The Hall–Kier alpha value is -0.570. The van der Waals surface area contributed by atoms with E-state index in [-0.39, 0.29) is 5.91 Å². The molecule has 0 radical (unpaired) electrons. The van der Waals surface area contributed by atoms with Crippen molar-refractivity contribution in [2.75, 3.05) is 19.6 Å². The Labute approximate surface area is 99.4 Å².